The monoisotopic (exact) mass is 527 g/mol. The van der Waals surface area contributed by atoms with Crippen LogP contribution in [0.3, 0.4) is 0 Å². The lowest BCUT2D eigenvalue weighted by Crippen LogP contribution is -2.28. The summed E-state index contributed by atoms with van der Waals surface area (Å²) in [5.41, 5.74) is -3.55. The molecule has 35 heavy (non-hydrogen) atoms. The molecule has 0 aliphatic carbocycles. The molecule has 0 fully saturated rings. The van der Waals surface area contributed by atoms with Crippen LogP contribution in [0.25, 0.3) is 16.1 Å². The molecule has 4 aromatic rings. The Hall–Kier alpha value is -3.65. The summed E-state index contributed by atoms with van der Waals surface area (Å²) in [5, 5.41) is 4.34. The highest BCUT2D eigenvalue weighted by atomic mass is 32.2. The van der Waals surface area contributed by atoms with Crippen molar-refractivity contribution in [3.8, 4) is 22.2 Å². The van der Waals surface area contributed by atoms with Crippen molar-refractivity contribution in [1.82, 2.24) is 14.6 Å². The van der Waals surface area contributed by atoms with Crippen molar-refractivity contribution in [2.24, 2.45) is 0 Å². The number of carbonyl (C=O) groups is 1. The summed E-state index contributed by atoms with van der Waals surface area (Å²) >= 11 is 0.610. The molecule has 184 valence electrons. The Morgan fingerprint density at radius 2 is 1.89 bits per heavy atom. The van der Waals surface area contributed by atoms with Crippen LogP contribution in [0.4, 0.5) is 13.2 Å². The third kappa shape index (κ3) is 4.93. The molecule has 0 aliphatic rings. The Labute approximate surface area is 200 Å². The third-order valence-corrected chi connectivity index (χ3v) is 6.66. The Balaban J connectivity index is 1.75. The number of aryl methyl sites for hydroxylation is 1. The van der Waals surface area contributed by atoms with Crippen LogP contribution in [-0.4, -0.2) is 41.6 Å². The molecule has 0 saturated carbocycles. The van der Waals surface area contributed by atoms with E-state index in [0.717, 1.165) is 12.7 Å². The number of rotatable bonds is 7. The van der Waals surface area contributed by atoms with E-state index in [4.69, 9.17) is 4.74 Å². The largest absolute Gasteiger partial charge is 0.534 e. The molecule has 0 aliphatic heterocycles. The molecule has 14 heteroatoms. The molecule has 3 heterocycles. The number of alkyl halides is 3. The van der Waals surface area contributed by atoms with E-state index >= 15 is 0 Å². The van der Waals surface area contributed by atoms with Crippen LogP contribution in [0.2, 0.25) is 0 Å². The van der Waals surface area contributed by atoms with E-state index in [-0.39, 0.29) is 11.6 Å². The average Bonchev–Trinajstić information content (AvgIpc) is 3.35. The Morgan fingerprint density at radius 3 is 2.54 bits per heavy atom. The van der Waals surface area contributed by atoms with Gasteiger partial charge < -0.3 is 13.7 Å². The Kier molecular flexibility index (Phi) is 6.42. The molecule has 9 nitrogen and oxygen atoms in total. The molecule has 0 atom stereocenters. The van der Waals surface area contributed by atoms with E-state index in [1.54, 1.807) is 25.3 Å². The lowest BCUT2D eigenvalue weighted by Gasteiger charge is -2.08. The lowest BCUT2D eigenvalue weighted by atomic mass is 10.2. The van der Waals surface area contributed by atoms with Crippen LogP contribution in [0.5, 0.6) is 11.6 Å². The molecule has 0 amide bonds. The summed E-state index contributed by atoms with van der Waals surface area (Å²) < 4.78 is 77.6. The SMILES string of the molecule is COC(=O)c1sc(-c2c(C)nn3ccc(OCc4ccccc4)cc23)nc1OS(=O)(=O)C(F)(F)F. The number of benzene rings is 1. The number of aromatic nitrogens is 3. The zero-order valence-electron chi connectivity index (χ0n) is 18.1. The maximum Gasteiger partial charge on any atom is 0.534 e. The topological polar surface area (TPSA) is 109 Å². The fourth-order valence-electron chi connectivity index (χ4n) is 3.08. The van der Waals surface area contributed by atoms with Crippen LogP contribution < -0.4 is 8.92 Å². The highest BCUT2D eigenvalue weighted by Crippen LogP contribution is 2.39. The van der Waals surface area contributed by atoms with Crippen LogP contribution in [0, 0.1) is 6.92 Å². The molecule has 0 radical (unpaired) electrons. The van der Waals surface area contributed by atoms with E-state index < -0.39 is 32.4 Å². The number of nitrogens with zero attached hydrogens (tertiary/aromatic N) is 3. The predicted octanol–water partition coefficient (Wildman–Crippen LogP) is 4.36. The van der Waals surface area contributed by atoms with Gasteiger partial charge in [-0.25, -0.2) is 9.31 Å². The van der Waals surface area contributed by atoms with Gasteiger partial charge in [0.15, 0.2) is 4.88 Å². The number of carbonyl (C=O) groups excluding carboxylic acids is 1. The van der Waals surface area contributed by atoms with Gasteiger partial charge in [-0.3, -0.25) is 0 Å². The maximum absolute atomic E-state index is 12.8. The highest BCUT2D eigenvalue weighted by molar-refractivity contribution is 7.88. The molecular weight excluding hydrogens is 511 g/mol. The molecule has 3 aromatic heterocycles. The second-order valence-electron chi connectivity index (χ2n) is 7.06. The zero-order chi connectivity index (χ0) is 25.4. The van der Waals surface area contributed by atoms with Crippen molar-refractivity contribution in [2.75, 3.05) is 7.11 Å². The summed E-state index contributed by atoms with van der Waals surface area (Å²) in [6.45, 7) is 1.91. The van der Waals surface area contributed by atoms with E-state index in [2.05, 4.69) is 19.0 Å². The number of methoxy groups -OCH3 is 1. The number of fused-ring (bicyclic) bond motifs is 1. The predicted molar refractivity (Wildman–Crippen MR) is 119 cm³/mol. The molecule has 0 unspecified atom stereocenters. The molecular formula is C21H16F3N3O6S2. The maximum atomic E-state index is 12.8. The van der Waals surface area contributed by atoms with Crippen molar-refractivity contribution < 1.29 is 40.0 Å². The van der Waals surface area contributed by atoms with Crippen LogP contribution in [0.1, 0.15) is 20.9 Å². The minimum atomic E-state index is -6.07. The fourth-order valence-corrected chi connectivity index (χ4v) is 4.57. The Bertz CT molecular complexity index is 1500. The second-order valence-corrected chi connectivity index (χ2v) is 9.59. The van der Waals surface area contributed by atoms with E-state index in [9.17, 15) is 26.4 Å². The van der Waals surface area contributed by atoms with Crippen LogP contribution >= 0.6 is 11.3 Å². The van der Waals surface area contributed by atoms with Crippen LogP contribution in [-0.2, 0) is 21.5 Å². The van der Waals surface area contributed by atoms with Gasteiger partial charge >= 0.3 is 21.6 Å². The summed E-state index contributed by atoms with van der Waals surface area (Å²) in [7, 11) is -5.08. The third-order valence-electron chi connectivity index (χ3n) is 4.68. The van der Waals surface area contributed by atoms with Crippen molar-refractivity contribution in [3.05, 3.63) is 64.8 Å². The normalized spacial score (nSPS) is 12.0. The minimum Gasteiger partial charge on any atom is -0.489 e. The van der Waals surface area contributed by atoms with Crippen molar-refractivity contribution in [3.63, 3.8) is 0 Å². The van der Waals surface area contributed by atoms with Gasteiger partial charge in [0, 0.05) is 12.3 Å². The summed E-state index contributed by atoms with van der Waals surface area (Å²) in [6.07, 6.45) is 1.62. The van der Waals surface area contributed by atoms with Gasteiger partial charge in [0.05, 0.1) is 23.9 Å². The first-order chi connectivity index (χ1) is 16.5. The average molecular weight is 528 g/mol. The molecule has 0 saturated heterocycles. The van der Waals surface area contributed by atoms with Gasteiger partial charge in [-0.1, -0.05) is 30.3 Å². The summed E-state index contributed by atoms with van der Waals surface area (Å²) in [6, 6.07) is 12.7. The number of pyridine rings is 1. The molecule has 0 spiro atoms. The van der Waals surface area contributed by atoms with Gasteiger partial charge in [-0.05, 0) is 18.6 Å². The van der Waals surface area contributed by atoms with Gasteiger partial charge in [0.2, 0.25) is 0 Å². The van der Waals surface area contributed by atoms with E-state index in [1.165, 1.54) is 4.52 Å². The van der Waals surface area contributed by atoms with Gasteiger partial charge in [-0.2, -0.15) is 31.7 Å². The number of ether oxygens (including phenoxy) is 2. The molecule has 1 aromatic carbocycles. The Morgan fingerprint density at radius 1 is 1.17 bits per heavy atom. The fraction of sp³-hybridized carbons (Fsp3) is 0.190. The van der Waals surface area contributed by atoms with Crippen molar-refractivity contribution in [2.45, 2.75) is 19.0 Å². The quantitative estimate of drug-likeness (QED) is 0.198. The van der Waals surface area contributed by atoms with E-state index in [0.29, 0.717) is 33.9 Å². The van der Waals surface area contributed by atoms with E-state index in [1.807, 2.05) is 30.3 Å². The number of thiazole rings is 1. The first-order valence-electron chi connectivity index (χ1n) is 9.76. The lowest BCUT2D eigenvalue weighted by molar-refractivity contribution is -0.0501. The number of hydrogen-bond acceptors (Lipinski definition) is 9. The summed E-state index contributed by atoms with van der Waals surface area (Å²) in [5.74, 6) is -1.67. The first-order valence-corrected chi connectivity index (χ1v) is 12.0. The molecule has 0 bridgehead atoms. The first kappa shape index (κ1) is 24.5. The number of esters is 1. The van der Waals surface area contributed by atoms with Gasteiger partial charge in [-0.15, -0.1) is 11.3 Å². The van der Waals surface area contributed by atoms with Crippen molar-refractivity contribution >= 4 is 32.9 Å². The van der Waals surface area contributed by atoms with Gasteiger partial charge in [0.1, 0.15) is 17.4 Å². The zero-order valence-corrected chi connectivity index (χ0v) is 19.7. The highest BCUT2D eigenvalue weighted by Gasteiger charge is 2.49. The smallest absolute Gasteiger partial charge is 0.489 e. The number of halogens is 3. The summed E-state index contributed by atoms with van der Waals surface area (Å²) in [4.78, 5) is 15.5. The second kappa shape index (κ2) is 9.19. The molecule has 0 N–H and O–H groups in total. The minimum absolute atomic E-state index is 0.00508. The molecule has 4 rings (SSSR count). The van der Waals surface area contributed by atoms with Gasteiger partial charge in [0.25, 0.3) is 5.88 Å². The number of hydrogen-bond donors (Lipinski definition) is 0. The standard InChI is InChI=1S/C21H16F3N3O6S2/c1-12-16(15-10-14(8-9-27(15)26-12)32-11-13-6-4-3-5-7-13)19-25-18(17(34-19)20(28)31-2)33-35(29,30)21(22,23)24/h3-10H,11H2,1-2H3. The van der Waals surface area contributed by atoms with Crippen LogP contribution in [0.15, 0.2) is 48.7 Å². The van der Waals surface area contributed by atoms with Crippen molar-refractivity contribution in [1.29, 1.82) is 0 Å².